The van der Waals surface area contributed by atoms with Gasteiger partial charge in [0.15, 0.2) is 6.23 Å². The van der Waals surface area contributed by atoms with Crippen LogP contribution in [0, 0.1) is 6.92 Å². The van der Waals surface area contributed by atoms with Crippen molar-refractivity contribution in [1.82, 2.24) is 19.8 Å². The van der Waals surface area contributed by atoms with Gasteiger partial charge in [-0.05, 0) is 82.3 Å². The molecule has 15 heteroatoms. The van der Waals surface area contributed by atoms with Gasteiger partial charge in [0.1, 0.15) is 53.8 Å². The Labute approximate surface area is 409 Å². The maximum Gasteiger partial charge on any atom is 0.407 e. The minimum absolute atomic E-state index is 0.0358. The number of ether oxygens (including phenoxy) is 5. The summed E-state index contributed by atoms with van der Waals surface area (Å²) in [4.78, 5) is 60.8. The second-order valence-electron chi connectivity index (χ2n) is 17.8. The summed E-state index contributed by atoms with van der Waals surface area (Å²) in [6, 6.07) is 47.8. The lowest BCUT2D eigenvalue weighted by Crippen LogP contribution is -2.54. The third-order valence-corrected chi connectivity index (χ3v) is 13.7. The van der Waals surface area contributed by atoms with Crippen LogP contribution in [0.1, 0.15) is 55.9 Å². The Morgan fingerprint density at radius 3 is 1.90 bits per heavy atom. The number of morpholine rings is 1. The van der Waals surface area contributed by atoms with Crippen LogP contribution in [0.2, 0.25) is 0 Å². The van der Waals surface area contributed by atoms with Crippen LogP contribution in [-0.4, -0.2) is 95.7 Å². The van der Waals surface area contributed by atoms with Gasteiger partial charge in [-0.25, -0.2) is 9.59 Å². The van der Waals surface area contributed by atoms with E-state index < -0.39 is 59.7 Å². The van der Waals surface area contributed by atoms with Gasteiger partial charge in [0.25, 0.3) is 5.91 Å². The van der Waals surface area contributed by atoms with Gasteiger partial charge in [0, 0.05) is 23.2 Å². The number of aromatic nitrogens is 2. The van der Waals surface area contributed by atoms with Crippen LogP contribution in [0.15, 0.2) is 169 Å². The number of amides is 3. The van der Waals surface area contributed by atoms with Crippen molar-refractivity contribution in [3.8, 4) is 22.6 Å². The van der Waals surface area contributed by atoms with Gasteiger partial charge >= 0.3 is 11.8 Å². The number of methoxy groups -OCH3 is 2. The maximum atomic E-state index is 14.5. The monoisotopic (exact) mass is 953 g/mol. The molecular weight excluding hydrogens is 903 g/mol. The van der Waals surface area contributed by atoms with Gasteiger partial charge < -0.3 is 44.3 Å². The number of benzene rings is 6. The lowest BCUT2D eigenvalue weighted by atomic mass is 9.79. The zero-order valence-corrected chi connectivity index (χ0v) is 39.2. The molecule has 3 aliphatic rings. The first-order chi connectivity index (χ1) is 34.5. The largest absolute Gasteiger partial charge is 0.497 e. The van der Waals surface area contributed by atoms with Gasteiger partial charge in [0.05, 0.1) is 27.4 Å². The number of hydrogen-bond acceptors (Lipinski definition) is 11. The number of aryl methyl sites for hydroxylation is 1. The molecule has 10 rings (SSSR count). The Bertz CT molecular complexity index is 3060. The van der Waals surface area contributed by atoms with E-state index >= 15 is 0 Å². The average molecular weight is 954 g/mol. The summed E-state index contributed by atoms with van der Waals surface area (Å²) in [5, 5.41) is 17.9. The summed E-state index contributed by atoms with van der Waals surface area (Å²) in [6.45, 7) is 0.738. The van der Waals surface area contributed by atoms with E-state index in [-0.39, 0.29) is 31.5 Å². The number of nitrogens with zero attached hydrogens (tertiary/aromatic N) is 3. The van der Waals surface area contributed by atoms with Gasteiger partial charge in [-0.1, -0.05) is 121 Å². The summed E-state index contributed by atoms with van der Waals surface area (Å²) in [5.74, 6) is 0.0630. The number of aliphatic hydroxyl groups is 1. The summed E-state index contributed by atoms with van der Waals surface area (Å²) in [6.07, 6.45) is -2.03. The molecule has 2 aliphatic heterocycles. The highest BCUT2D eigenvalue weighted by Crippen LogP contribution is 2.50. The number of fused-ring (bicyclic) bond motifs is 5. The second-order valence-corrected chi connectivity index (χ2v) is 17.8. The van der Waals surface area contributed by atoms with Gasteiger partial charge in [-0.2, -0.15) is 4.98 Å². The Hall–Kier alpha value is -8.11. The molecule has 0 unspecified atom stereocenters. The molecule has 1 aromatic heterocycles. The van der Waals surface area contributed by atoms with E-state index in [1.165, 1.54) is 15.7 Å². The Kier molecular flexibility index (Phi) is 12.7. The van der Waals surface area contributed by atoms with Gasteiger partial charge in [-0.3, -0.25) is 14.2 Å². The number of anilines is 1. The molecule has 2 bridgehead atoms. The van der Waals surface area contributed by atoms with E-state index in [4.69, 9.17) is 23.7 Å². The van der Waals surface area contributed by atoms with Crippen molar-refractivity contribution < 1.29 is 43.2 Å². The smallest absolute Gasteiger partial charge is 0.407 e. The van der Waals surface area contributed by atoms with Crippen molar-refractivity contribution in [3.05, 3.63) is 213 Å². The first-order valence-electron chi connectivity index (χ1n) is 23.2. The highest BCUT2D eigenvalue weighted by Gasteiger charge is 2.66. The standard InChI is InChI=1S/C56H51N5O10/c1-35-31-60(53(65)59-50(35)58-51(64)36-14-6-4-7-15-36)52-48-49(63)55(71-52,33-61(48)47(62)30-57-54(66)69-32-46-44-20-12-10-18-42(44)43-19-11-13-21-45(43)46)34-70-56(37-16-8-5-9-17-37,38-22-26-40(67-2)27-23-38)39-24-28-41(68-3)29-25-39/h4-29,31,46,48-49,52,63H,30,32-34H2,1-3H3,(H,57,66)(H,58,59,64,65)/t48-,49+,52-,55-/m1/s1. The molecule has 15 nitrogen and oxygen atoms in total. The van der Waals surface area contributed by atoms with E-state index in [1.807, 2.05) is 127 Å². The summed E-state index contributed by atoms with van der Waals surface area (Å²) < 4.78 is 32.1. The van der Waals surface area contributed by atoms with E-state index in [9.17, 15) is 24.3 Å². The van der Waals surface area contributed by atoms with E-state index in [1.54, 1.807) is 51.5 Å². The fourth-order valence-electron chi connectivity index (χ4n) is 10.2. The lowest BCUT2D eigenvalue weighted by molar-refractivity contribution is -0.183. The molecule has 0 spiro atoms. The number of carbonyl (C=O) groups is 3. The Morgan fingerprint density at radius 1 is 0.761 bits per heavy atom. The average Bonchev–Trinajstić information content (AvgIpc) is 4.00. The summed E-state index contributed by atoms with van der Waals surface area (Å²) in [7, 11) is 3.17. The van der Waals surface area contributed by atoms with E-state index in [0.717, 1.165) is 27.8 Å². The van der Waals surface area contributed by atoms with Gasteiger partial charge in [0.2, 0.25) is 5.91 Å². The van der Waals surface area contributed by atoms with Crippen molar-refractivity contribution in [2.24, 2.45) is 0 Å². The summed E-state index contributed by atoms with van der Waals surface area (Å²) in [5.41, 5.74) is 3.41. The molecule has 360 valence electrons. The van der Waals surface area contributed by atoms with Crippen LogP contribution in [-0.2, 0) is 24.6 Å². The fraction of sp³-hybridized carbons (Fsp3) is 0.232. The highest BCUT2D eigenvalue weighted by atomic mass is 16.6. The fourth-order valence-corrected chi connectivity index (χ4v) is 10.2. The van der Waals surface area contributed by atoms with Crippen LogP contribution in [0.5, 0.6) is 11.5 Å². The normalized spacial score (nSPS) is 18.9. The highest BCUT2D eigenvalue weighted by molar-refractivity contribution is 6.04. The van der Waals surface area contributed by atoms with Crippen LogP contribution < -0.4 is 25.8 Å². The molecular formula is C56H51N5O10. The number of nitrogens with one attached hydrogen (secondary N) is 2. The number of alkyl carbamates (subject to hydrolysis) is 1. The first kappa shape index (κ1) is 46.6. The topological polar surface area (TPSA) is 180 Å². The van der Waals surface area contributed by atoms with Crippen molar-refractivity contribution in [2.45, 2.75) is 42.4 Å². The van der Waals surface area contributed by atoms with E-state index in [2.05, 4.69) is 15.6 Å². The first-order valence-corrected chi connectivity index (χ1v) is 23.2. The van der Waals surface area contributed by atoms with Crippen molar-refractivity contribution in [3.63, 3.8) is 0 Å². The van der Waals surface area contributed by atoms with Crippen molar-refractivity contribution >= 4 is 23.7 Å². The predicted octanol–water partition coefficient (Wildman–Crippen LogP) is 7.21. The zero-order valence-electron chi connectivity index (χ0n) is 39.2. The van der Waals surface area contributed by atoms with E-state index in [0.29, 0.717) is 33.8 Å². The number of carbonyl (C=O) groups excluding carboxylic acids is 3. The molecule has 6 aromatic carbocycles. The molecule has 3 amide bonds. The van der Waals surface area contributed by atoms with Crippen LogP contribution in [0.25, 0.3) is 11.1 Å². The molecule has 0 saturated carbocycles. The number of rotatable bonds is 15. The molecule has 7 aromatic rings. The zero-order chi connectivity index (χ0) is 49.3. The number of aliphatic hydroxyl groups excluding tert-OH is 1. The molecule has 0 radical (unpaired) electrons. The van der Waals surface area contributed by atoms with Crippen LogP contribution >= 0.6 is 0 Å². The molecule has 4 atom stereocenters. The molecule has 71 heavy (non-hydrogen) atoms. The molecule has 3 heterocycles. The van der Waals surface area contributed by atoms with Crippen molar-refractivity contribution in [1.29, 1.82) is 0 Å². The Balaban J connectivity index is 0.965. The third-order valence-electron chi connectivity index (χ3n) is 13.7. The van der Waals surface area contributed by atoms with Crippen LogP contribution in [0.3, 0.4) is 0 Å². The molecule has 3 N–H and O–H groups in total. The van der Waals surface area contributed by atoms with Gasteiger partial charge in [-0.15, -0.1) is 0 Å². The summed E-state index contributed by atoms with van der Waals surface area (Å²) >= 11 is 0. The second kappa shape index (κ2) is 19.4. The molecule has 1 aliphatic carbocycles. The predicted molar refractivity (Wildman–Crippen MR) is 263 cm³/mol. The minimum Gasteiger partial charge on any atom is -0.497 e. The minimum atomic E-state index is -1.64. The number of hydrogen-bond donors (Lipinski definition) is 3. The maximum absolute atomic E-state index is 14.5. The van der Waals surface area contributed by atoms with Crippen LogP contribution in [0.4, 0.5) is 10.6 Å². The SMILES string of the molecule is COc1ccc(C(OC[C@@]23CN(C(=O)CNC(=O)OCC4c5ccccc5-c5ccccc54)[C@@H]([C@H](n4cc(C)c(NC(=O)c5ccccc5)nc4=O)O2)[C@@H]3O)(c2ccccc2)c2ccc(OC)cc2)cc1. The Morgan fingerprint density at radius 2 is 1.31 bits per heavy atom. The molecule has 2 saturated heterocycles. The third kappa shape index (κ3) is 8.58. The number of likely N-dealkylation sites (tertiary alicyclic amines) is 1. The van der Waals surface area contributed by atoms with Crippen molar-refractivity contribution in [2.75, 3.05) is 45.8 Å². The lowest BCUT2D eigenvalue weighted by Gasteiger charge is -2.41. The quantitative estimate of drug-likeness (QED) is 0.0885. The molecule has 2 fully saturated rings.